The van der Waals surface area contributed by atoms with Crippen LogP contribution in [0, 0.1) is 17.5 Å². The number of anilines is 4. The van der Waals surface area contributed by atoms with Gasteiger partial charge >= 0.3 is 12.1 Å². The Labute approximate surface area is 193 Å². The summed E-state index contributed by atoms with van der Waals surface area (Å²) in [6, 6.07) is 6.36. The molecule has 3 rings (SSSR count). The van der Waals surface area contributed by atoms with Gasteiger partial charge in [-0.1, -0.05) is 0 Å². The summed E-state index contributed by atoms with van der Waals surface area (Å²) >= 11 is 0. The molecule has 0 aliphatic rings. The van der Waals surface area contributed by atoms with Crippen LogP contribution in [-0.2, 0) is 19.7 Å². The topological polar surface area (TPSA) is 114 Å². The summed E-state index contributed by atoms with van der Waals surface area (Å²) in [5.41, 5.74) is -0.330. The molecule has 1 heterocycles. The van der Waals surface area contributed by atoms with E-state index in [1.165, 1.54) is 12.1 Å². The van der Waals surface area contributed by atoms with Crippen molar-refractivity contribution < 1.29 is 44.4 Å². The maximum absolute atomic E-state index is 14.3. The van der Waals surface area contributed by atoms with E-state index in [1.807, 2.05) is 0 Å². The van der Waals surface area contributed by atoms with Gasteiger partial charge in [0.2, 0.25) is 0 Å². The molecule has 0 saturated carbocycles. The van der Waals surface area contributed by atoms with Gasteiger partial charge in [0, 0.05) is 24.9 Å². The largest absolute Gasteiger partial charge is 0.492 e. The minimum atomic E-state index is -5.45. The van der Waals surface area contributed by atoms with E-state index in [2.05, 4.69) is 25.4 Å². The minimum absolute atomic E-state index is 0.0662. The van der Waals surface area contributed by atoms with Crippen LogP contribution in [0.4, 0.5) is 49.4 Å². The van der Waals surface area contributed by atoms with Crippen molar-refractivity contribution >= 4 is 39.0 Å². The van der Waals surface area contributed by atoms with Gasteiger partial charge in [-0.3, -0.25) is 0 Å². The predicted molar refractivity (Wildman–Crippen MR) is 108 cm³/mol. The molecule has 9 nitrogen and oxygen atoms in total. The summed E-state index contributed by atoms with van der Waals surface area (Å²) < 4.78 is 102. The van der Waals surface area contributed by atoms with Gasteiger partial charge in [-0.25, -0.2) is 36.4 Å². The summed E-state index contributed by atoms with van der Waals surface area (Å²) in [6.45, 7) is 0. The Morgan fingerprint density at radius 3 is 2.17 bits per heavy atom. The summed E-state index contributed by atoms with van der Waals surface area (Å²) in [5.74, 6) is -5.93. The zero-order valence-electron chi connectivity index (χ0n) is 17.3. The third-order valence-electron chi connectivity index (χ3n) is 4.14. The van der Waals surface area contributed by atoms with E-state index >= 15 is 0 Å². The predicted octanol–water partition coefficient (Wildman–Crippen LogP) is 4.02. The lowest BCUT2D eigenvalue weighted by Crippen LogP contribution is -2.36. The molecule has 2 N–H and O–H groups in total. The van der Waals surface area contributed by atoms with Crippen LogP contribution in [0.1, 0.15) is 0 Å². The molecule has 0 atom stereocenters. The Bertz CT molecular complexity index is 1370. The van der Waals surface area contributed by atoms with Gasteiger partial charge in [-0.2, -0.15) is 13.2 Å². The molecule has 0 aliphatic heterocycles. The summed E-state index contributed by atoms with van der Waals surface area (Å²) in [5, 5.41) is 5.12. The lowest BCUT2D eigenvalue weighted by molar-refractivity contribution is -0.219. The summed E-state index contributed by atoms with van der Waals surface area (Å²) in [7, 11) is -4.26. The van der Waals surface area contributed by atoms with Crippen molar-refractivity contribution in [1.82, 2.24) is 14.4 Å². The highest BCUT2D eigenvalue weighted by atomic mass is 32.2. The number of hydrogen-bond donors (Lipinski definition) is 2. The third-order valence-corrected chi connectivity index (χ3v) is 5.74. The van der Waals surface area contributed by atoms with Gasteiger partial charge in [0.1, 0.15) is 23.8 Å². The first-order valence-electron chi connectivity index (χ1n) is 9.16. The zero-order chi connectivity index (χ0) is 26.0. The van der Waals surface area contributed by atoms with E-state index in [4.69, 9.17) is 0 Å². The van der Waals surface area contributed by atoms with Crippen LogP contribution in [0.3, 0.4) is 0 Å². The van der Waals surface area contributed by atoms with E-state index < -0.39 is 50.2 Å². The molecule has 1 aromatic heterocycles. The maximum Gasteiger partial charge on any atom is 0.492 e. The smallest absolute Gasteiger partial charge is 0.345 e. The molecule has 3 aromatic rings. The van der Waals surface area contributed by atoms with E-state index in [0.29, 0.717) is 13.1 Å². The van der Waals surface area contributed by atoms with Gasteiger partial charge in [-0.15, -0.1) is 0 Å². The number of alkyl halides is 3. The highest BCUT2D eigenvalue weighted by Crippen LogP contribution is 2.27. The molecule has 0 saturated heterocycles. The number of aromatic nitrogens is 2. The molecule has 0 aliphatic carbocycles. The Morgan fingerprint density at radius 1 is 0.914 bits per heavy atom. The van der Waals surface area contributed by atoms with Crippen LogP contribution in [0.25, 0.3) is 0 Å². The molecule has 0 spiro atoms. The van der Waals surface area contributed by atoms with Crippen LogP contribution < -0.4 is 10.6 Å². The standard InChI is InChI=1S/C19H13F6N5O4S/c1-30(34-18(31)19(23,24)25)35(32,33)11-3-5-13(21)15(7-11)29-17-8-16(26-9-27-17)28-10-2-4-12(20)14(22)6-10/h2-9H,1H3,(H2,26,27,28,29). The molecule has 0 unspecified atom stereocenters. The van der Waals surface area contributed by atoms with Crippen LogP contribution in [0.2, 0.25) is 0 Å². The SMILES string of the molecule is CN(OC(=O)C(F)(F)F)S(=O)(=O)c1ccc(F)c(Nc2cc(Nc3ccc(F)c(F)c3)ncn2)c1. The van der Waals surface area contributed by atoms with Gasteiger partial charge < -0.3 is 15.5 Å². The van der Waals surface area contributed by atoms with Crippen molar-refractivity contribution in [3.63, 3.8) is 0 Å². The van der Waals surface area contributed by atoms with Crippen molar-refractivity contribution in [2.45, 2.75) is 11.1 Å². The van der Waals surface area contributed by atoms with E-state index in [1.54, 1.807) is 0 Å². The van der Waals surface area contributed by atoms with Gasteiger partial charge in [0.15, 0.2) is 11.6 Å². The second-order valence-corrected chi connectivity index (χ2v) is 8.54. The number of benzene rings is 2. The fourth-order valence-corrected chi connectivity index (χ4v) is 3.45. The molecular formula is C19H13F6N5O4S. The van der Waals surface area contributed by atoms with Crippen molar-refractivity contribution in [3.05, 3.63) is 66.2 Å². The molecule has 2 aromatic carbocycles. The average Bonchev–Trinajstić information content (AvgIpc) is 2.77. The normalized spacial score (nSPS) is 11.9. The minimum Gasteiger partial charge on any atom is -0.345 e. The van der Waals surface area contributed by atoms with Crippen molar-refractivity contribution in [2.75, 3.05) is 17.7 Å². The van der Waals surface area contributed by atoms with Gasteiger partial charge in [-0.05, 0) is 34.8 Å². The van der Waals surface area contributed by atoms with Crippen molar-refractivity contribution in [2.24, 2.45) is 0 Å². The van der Waals surface area contributed by atoms with Crippen LogP contribution >= 0.6 is 0 Å². The number of rotatable bonds is 7. The van der Waals surface area contributed by atoms with Crippen LogP contribution in [-0.4, -0.2) is 42.0 Å². The van der Waals surface area contributed by atoms with Crippen LogP contribution in [0.15, 0.2) is 53.7 Å². The Morgan fingerprint density at radius 2 is 1.54 bits per heavy atom. The monoisotopic (exact) mass is 521 g/mol. The third kappa shape index (κ3) is 6.15. The quantitative estimate of drug-likeness (QED) is 0.354. The number of sulfonamides is 1. The Hall–Kier alpha value is -3.92. The number of nitrogens with one attached hydrogen (secondary N) is 2. The fraction of sp³-hybridized carbons (Fsp3) is 0.105. The maximum atomic E-state index is 14.3. The van der Waals surface area contributed by atoms with Crippen molar-refractivity contribution in [1.29, 1.82) is 0 Å². The number of halogens is 6. The highest BCUT2D eigenvalue weighted by Gasteiger charge is 2.43. The van der Waals surface area contributed by atoms with E-state index in [0.717, 1.165) is 30.6 Å². The molecule has 35 heavy (non-hydrogen) atoms. The summed E-state index contributed by atoms with van der Waals surface area (Å²) in [6.07, 6.45) is -4.43. The van der Waals surface area contributed by atoms with Crippen molar-refractivity contribution in [3.8, 4) is 0 Å². The number of carbonyl (C=O) groups excluding carboxylic acids is 1. The lowest BCUT2D eigenvalue weighted by atomic mass is 10.3. The van der Waals surface area contributed by atoms with E-state index in [-0.39, 0.29) is 21.8 Å². The van der Waals surface area contributed by atoms with Crippen LogP contribution in [0.5, 0.6) is 0 Å². The Balaban J connectivity index is 1.82. The number of carbonyl (C=O) groups is 1. The molecule has 16 heteroatoms. The first-order chi connectivity index (χ1) is 16.3. The molecule has 0 radical (unpaired) electrons. The first-order valence-corrected chi connectivity index (χ1v) is 10.6. The zero-order valence-corrected chi connectivity index (χ0v) is 18.1. The first kappa shape index (κ1) is 25.7. The Kier molecular flexibility index (Phi) is 7.16. The molecule has 0 bridgehead atoms. The molecular weight excluding hydrogens is 508 g/mol. The molecule has 0 amide bonds. The molecule has 0 fully saturated rings. The summed E-state index contributed by atoms with van der Waals surface area (Å²) in [4.78, 5) is 21.7. The second kappa shape index (κ2) is 9.75. The number of hydrogen-bond acceptors (Lipinski definition) is 8. The molecule has 186 valence electrons. The van der Waals surface area contributed by atoms with E-state index in [9.17, 15) is 39.6 Å². The second-order valence-electron chi connectivity index (χ2n) is 6.60. The number of hydroxylamine groups is 1. The van der Waals surface area contributed by atoms with Gasteiger partial charge in [0.05, 0.1) is 10.6 Å². The average molecular weight is 521 g/mol. The highest BCUT2D eigenvalue weighted by molar-refractivity contribution is 7.89. The lowest BCUT2D eigenvalue weighted by Gasteiger charge is -2.18. The fourth-order valence-electron chi connectivity index (χ4n) is 2.48. The number of nitrogens with zero attached hydrogens (tertiary/aromatic N) is 3. The van der Waals surface area contributed by atoms with Gasteiger partial charge in [0.25, 0.3) is 10.0 Å².